The summed E-state index contributed by atoms with van der Waals surface area (Å²) >= 11 is 0. The van der Waals surface area contributed by atoms with Crippen molar-refractivity contribution in [3.8, 4) is 0 Å². The van der Waals surface area contributed by atoms with E-state index in [4.69, 9.17) is 14.5 Å². The lowest BCUT2D eigenvalue weighted by atomic mass is 9.88. The molecule has 2 N–H and O–H groups in total. The van der Waals surface area contributed by atoms with E-state index in [1.54, 1.807) is 11.0 Å². The van der Waals surface area contributed by atoms with Gasteiger partial charge in [0.1, 0.15) is 17.7 Å². The molecule has 1 spiro atoms. The number of amides is 1. The van der Waals surface area contributed by atoms with E-state index >= 15 is 4.39 Å². The molecule has 1 aromatic carbocycles. The van der Waals surface area contributed by atoms with Crippen LogP contribution in [0.3, 0.4) is 0 Å². The molecule has 1 aromatic heterocycles. The van der Waals surface area contributed by atoms with Crippen LogP contribution in [0.15, 0.2) is 24.3 Å². The molecule has 45 heavy (non-hydrogen) atoms. The number of unbranched alkanes of at least 4 members (excludes halogenated alkanes) is 1. The number of anilines is 2. The number of rotatable bonds is 11. The van der Waals surface area contributed by atoms with E-state index in [0.29, 0.717) is 62.3 Å². The third kappa shape index (κ3) is 5.74. The molecule has 4 heterocycles. The van der Waals surface area contributed by atoms with Crippen LogP contribution in [0.2, 0.25) is 0 Å². The Morgan fingerprint density at radius 2 is 2.02 bits per heavy atom. The minimum Gasteiger partial charge on any atom is -0.480 e. The number of nitrogens with zero attached hydrogens (tertiary/aromatic N) is 3. The SMILES string of the molecule is CN(C(C(=O)O)c1ccc(F)c2c1C1(CC1)C(=O)N2C1CCOCC1)[C@H]1CC[C@H](OCCCCc2ccc3c(n2)NCCC3)C1. The summed E-state index contributed by atoms with van der Waals surface area (Å²) in [6, 6.07) is 6.23. The normalized spacial score (nSPS) is 24.5. The van der Waals surface area contributed by atoms with Gasteiger partial charge < -0.3 is 24.8 Å². The number of aliphatic carboxylic acids is 1. The zero-order valence-electron chi connectivity index (χ0n) is 26.2. The summed E-state index contributed by atoms with van der Waals surface area (Å²) in [5.41, 5.74) is 3.08. The van der Waals surface area contributed by atoms with Crippen molar-refractivity contribution >= 4 is 23.4 Å². The second-order valence-corrected chi connectivity index (χ2v) is 13.6. The number of likely N-dealkylation sites (N-methyl/N-ethyl adjacent to an activating group) is 1. The summed E-state index contributed by atoms with van der Waals surface area (Å²) in [7, 11) is 1.86. The van der Waals surface area contributed by atoms with E-state index in [2.05, 4.69) is 17.4 Å². The number of aryl methyl sites for hydroxylation is 2. The lowest BCUT2D eigenvalue weighted by molar-refractivity contribution is -0.144. The first kappa shape index (κ1) is 30.6. The van der Waals surface area contributed by atoms with E-state index in [1.807, 2.05) is 11.9 Å². The predicted octanol–water partition coefficient (Wildman–Crippen LogP) is 5.15. The molecule has 3 atom stereocenters. The van der Waals surface area contributed by atoms with Gasteiger partial charge in [0.05, 0.1) is 17.2 Å². The van der Waals surface area contributed by atoms with E-state index in [9.17, 15) is 14.7 Å². The van der Waals surface area contributed by atoms with Crippen molar-refractivity contribution in [2.45, 2.75) is 107 Å². The molecule has 242 valence electrons. The number of carbonyl (C=O) groups excluding carboxylic acids is 1. The van der Waals surface area contributed by atoms with Gasteiger partial charge in [0, 0.05) is 44.1 Å². The smallest absolute Gasteiger partial charge is 0.325 e. The Bertz CT molecular complexity index is 1440. The molecule has 3 aliphatic heterocycles. The molecule has 0 bridgehead atoms. The molecule has 2 saturated carbocycles. The Balaban J connectivity index is 0.992. The number of carbonyl (C=O) groups is 2. The Morgan fingerprint density at radius 3 is 2.80 bits per heavy atom. The lowest BCUT2D eigenvalue weighted by Crippen LogP contribution is -2.44. The van der Waals surface area contributed by atoms with E-state index in [0.717, 1.165) is 69.4 Å². The zero-order chi connectivity index (χ0) is 31.1. The van der Waals surface area contributed by atoms with Crippen LogP contribution in [0.4, 0.5) is 15.9 Å². The third-order valence-corrected chi connectivity index (χ3v) is 10.8. The first-order valence-electron chi connectivity index (χ1n) is 16.9. The Hall–Kier alpha value is -3.08. The fraction of sp³-hybridized carbons (Fsp3) is 0.629. The fourth-order valence-corrected chi connectivity index (χ4v) is 8.21. The molecule has 5 aliphatic rings. The van der Waals surface area contributed by atoms with E-state index < -0.39 is 23.2 Å². The lowest BCUT2D eigenvalue weighted by Gasteiger charge is -2.33. The number of aromatic nitrogens is 1. The molecule has 1 amide bonds. The molecular formula is C35H45FN4O5. The van der Waals surface area contributed by atoms with Crippen LogP contribution >= 0.6 is 0 Å². The number of pyridine rings is 1. The number of carboxylic acids is 1. The van der Waals surface area contributed by atoms with Crippen molar-refractivity contribution in [3.63, 3.8) is 0 Å². The maximum atomic E-state index is 15.6. The van der Waals surface area contributed by atoms with Gasteiger partial charge in [-0.3, -0.25) is 14.5 Å². The first-order chi connectivity index (χ1) is 21.9. The Morgan fingerprint density at radius 1 is 1.20 bits per heavy atom. The van der Waals surface area contributed by atoms with Crippen molar-refractivity contribution in [2.24, 2.45) is 0 Å². The van der Waals surface area contributed by atoms with Gasteiger partial charge in [0.2, 0.25) is 5.91 Å². The van der Waals surface area contributed by atoms with Crippen molar-refractivity contribution in [1.29, 1.82) is 0 Å². The van der Waals surface area contributed by atoms with Crippen LogP contribution in [0.25, 0.3) is 0 Å². The van der Waals surface area contributed by atoms with Crippen molar-refractivity contribution in [1.82, 2.24) is 9.88 Å². The van der Waals surface area contributed by atoms with Gasteiger partial charge in [-0.25, -0.2) is 9.37 Å². The fourth-order valence-electron chi connectivity index (χ4n) is 8.21. The summed E-state index contributed by atoms with van der Waals surface area (Å²) in [5.74, 6) is -0.458. The number of fused-ring (bicyclic) bond motifs is 3. The zero-order valence-corrected chi connectivity index (χ0v) is 26.2. The molecule has 1 unspecified atom stereocenters. The molecular weight excluding hydrogens is 575 g/mol. The summed E-state index contributed by atoms with van der Waals surface area (Å²) in [6.07, 6.45) is 10.2. The van der Waals surface area contributed by atoms with Crippen molar-refractivity contribution < 1.29 is 28.6 Å². The van der Waals surface area contributed by atoms with Gasteiger partial charge >= 0.3 is 5.97 Å². The average molecular weight is 621 g/mol. The molecule has 3 fully saturated rings. The number of nitrogens with one attached hydrogen (secondary N) is 1. The Labute approximate surface area is 264 Å². The third-order valence-electron chi connectivity index (χ3n) is 10.8. The Kier molecular flexibility index (Phi) is 8.56. The molecule has 10 heteroatoms. The molecule has 2 aromatic rings. The van der Waals surface area contributed by atoms with E-state index in [1.165, 1.54) is 11.6 Å². The maximum absolute atomic E-state index is 15.6. The van der Waals surface area contributed by atoms with Crippen molar-refractivity contribution in [2.75, 3.05) is 43.6 Å². The van der Waals surface area contributed by atoms with Crippen LogP contribution in [-0.4, -0.2) is 78.5 Å². The topological polar surface area (TPSA) is 104 Å². The first-order valence-corrected chi connectivity index (χ1v) is 16.9. The second kappa shape index (κ2) is 12.6. The van der Waals surface area contributed by atoms with Crippen LogP contribution in [0.5, 0.6) is 0 Å². The van der Waals surface area contributed by atoms with Crippen LogP contribution in [0, 0.1) is 5.82 Å². The highest BCUT2D eigenvalue weighted by Crippen LogP contribution is 2.61. The van der Waals surface area contributed by atoms with Gasteiger partial charge in [-0.2, -0.15) is 0 Å². The quantitative estimate of drug-likeness (QED) is 0.333. The molecule has 1 saturated heterocycles. The highest BCUT2D eigenvalue weighted by Gasteiger charge is 2.62. The summed E-state index contributed by atoms with van der Waals surface area (Å²) in [5, 5.41) is 14.0. The standard InChI is InChI=1S/C35H45FN4O5/c1-39(25-9-10-26(21-25)45-18-3-2-6-23-8-7-22-5-4-17-37-32(22)38-23)30(33(41)42)27-11-12-28(36)31-29(27)35(15-16-35)34(43)40(31)24-13-19-44-20-14-24/h7-8,11-12,24-26,30H,2-6,9-10,13-21H2,1H3,(H,37,38)(H,41,42)/t25-,26-,30?/m0/s1. The van der Waals surface area contributed by atoms with Gasteiger partial charge in [-0.05, 0) is 113 Å². The highest BCUT2D eigenvalue weighted by atomic mass is 19.1. The summed E-state index contributed by atoms with van der Waals surface area (Å²) in [6.45, 7) is 2.73. The van der Waals surface area contributed by atoms with Gasteiger partial charge in [-0.1, -0.05) is 12.1 Å². The summed E-state index contributed by atoms with van der Waals surface area (Å²) < 4.78 is 27.3. The minimum atomic E-state index is -0.977. The minimum absolute atomic E-state index is 0.0165. The number of carboxylic acid groups (broad SMARTS) is 1. The van der Waals surface area contributed by atoms with Crippen LogP contribution in [0.1, 0.15) is 92.6 Å². The van der Waals surface area contributed by atoms with Crippen LogP contribution < -0.4 is 10.2 Å². The largest absolute Gasteiger partial charge is 0.480 e. The number of halogens is 1. The second-order valence-electron chi connectivity index (χ2n) is 13.6. The van der Waals surface area contributed by atoms with Gasteiger partial charge in [0.15, 0.2) is 0 Å². The van der Waals surface area contributed by atoms with Gasteiger partial charge in [-0.15, -0.1) is 0 Å². The maximum Gasteiger partial charge on any atom is 0.325 e. The molecule has 0 radical (unpaired) electrons. The molecule has 2 aliphatic carbocycles. The van der Waals surface area contributed by atoms with Crippen molar-refractivity contribution in [3.05, 3.63) is 52.5 Å². The average Bonchev–Trinajstić information content (AvgIpc) is 3.64. The predicted molar refractivity (Wildman–Crippen MR) is 168 cm³/mol. The van der Waals surface area contributed by atoms with Gasteiger partial charge in [0.25, 0.3) is 0 Å². The number of hydrogen-bond acceptors (Lipinski definition) is 7. The number of benzene rings is 1. The monoisotopic (exact) mass is 620 g/mol. The van der Waals surface area contributed by atoms with Crippen LogP contribution in [-0.2, 0) is 37.3 Å². The summed E-state index contributed by atoms with van der Waals surface area (Å²) in [4.78, 5) is 35.1. The molecule has 9 nitrogen and oxygen atoms in total. The number of hydrogen-bond donors (Lipinski definition) is 2. The number of ether oxygens (including phenoxy) is 2. The molecule has 7 rings (SSSR count). The van der Waals surface area contributed by atoms with E-state index in [-0.39, 0.29) is 24.1 Å². The highest BCUT2D eigenvalue weighted by molar-refractivity contribution is 6.11.